The van der Waals surface area contributed by atoms with Gasteiger partial charge in [0.05, 0.1) is 0 Å². The van der Waals surface area contributed by atoms with E-state index < -0.39 is 12.1 Å². The summed E-state index contributed by atoms with van der Waals surface area (Å²) in [7, 11) is 0. The second-order valence-electron chi connectivity index (χ2n) is 8.65. The Morgan fingerprint density at radius 2 is 1.85 bits per heavy atom. The van der Waals surface area contributed by atoms with E-state index in [2.05, 4.69) is 35.3 Å². The molecule has 1 aromatic heterocycles. The fourth-order valence-corrected chi connectivity index (χ4v) is 5.78. The van der Waals surface area contributed by atoms with E-state index in [9.17, 15) is 9.59 Å². The van der Waals surface area contributed by atoms with Gasteiger partial charge in [0.15, 0.2) is 0 Å². The number of hydrogen-bond donors (Lipinski definition) is 1. The van der Waals surface area contributed by atoms with E-state index >= 15 is 0 Å². The van der Waals surface area contributed by atoms with Gasteiger partial charge in [0, 0.05) is 54.2 Å². The monoisotopic (exact) mass is 463 g/mol. The maximum absolute atomic E-state index is 13.1. The third kappa shape index (κ3) is 4.52. The van der Waals surface area contributed by atoms with Crippen LogP contribution in [0.3, 0.4) is 0 Å². The number of nitrogens with zero attached hydrogens (tertiary/aromatic N) is 2. The Bertz CT molecular complexity index is 1150. The van der Waals surface area contributed by atoms with Crippen molar-refractivity contribution < 1.29 is 14.0 Å². The third-order valence-electron chi connectivity index (χ3n) is 6.57. The highest BCUT2D eigenvalue weighted by atomic mass is 32.2. The van der Waals surface area contributed by atoms with Crippen molar-refractivity contribution in [3.63, 3.8) is 0 Å². The largest absolute Gasteiger partial charge is 0.461 e. The molecule has 0 radical (unpaired) electrons. The fraction of sp³-hybridized carbons (Fsp3) is 0.385. The van der Waals surface area contributed by atoms with Crippen molar-refractivity contribution in [1.29, 1.82) is 0 Å². The highest BCUT2D eigenvalue weighted by Gasteiger charge is 2.43. The van der Waals surface area contributed by atoms with Crippen LogP contribution in [-0.4, -0.2) is 59.1 Å². The third-order valence-corrected chi connectivity index (χ3v) is 7.61. The minimum atomic E-state index is -0.430. The number of nitrogens with one attached hydrogen (secondary N) is 1. The van der Waals surface area contributed by atoms with Crippen LogP contribution < -0.4 is 5.32 Å². The molecule has 33 heavy (non-hydrogen) atoms. The standard InChI is InChI=1S/C26H29N3O3S/c1-2-23-20(19-10-6-7-11-24(19)32-23)16-28-13-14-29-22(17-28)25(30)27-21(26(29)31)12-15-33-18-8-4-3-5-9-18/h3-11,21-22H,2,12-17H2,1H3,(H,27,30). The van der Waals surface area contributed by atoms with Crippen LogP contribution in [0.15, 0.2) is 63.9 Å². The van der Waals surface area contributed by atoms with E-state index in [1.54, 1.807) is 16.7 Å². The number of aryl methyl sites for hydroxylation is 1. The number of furan rings is 1. The van der Waals surface area contributed by atoms with Crippen molar-refractivity contribution >= 4 is 34.5 Å². The number of fused-ring (bicyclic) bond motifs is 2. The molecule has 2 aliphatic heterocycles. The number of carbonyl (C=O) groups is 2. The molecule has 0 saturated carbocycles. The molecule has 172 valence electrons. The minimum Gasteiger partial charge on any atom is -0.461 e. The predicted octanol–water partition coefficient (Wildman–Crippen LogP) is 3.69. The van der Waals surface area contributed by atoms with Crippen LogP contribution in [0.4, 0.5) is 0 Å². The van der Waals surface area contributed by atoms with Crippen LogP contribution in [0, 0.1) is 0 Å². The van der Waals surface area contributed by atoms with Crippen molar-refractivity contribution in [3.05, 3.63) is 65.9 Å². The smallest absolute Gasteiger partial charge is 0.245 e. The zero-order valence-electron chi connectivity index (χ0n) is 18.8. The quantitative estimate of drug-likeness (QED) is 0.542. The Balaban J connectivity index is 1.22. The van der Waals surface area contributed by atoms with Gasteiger partial charge in [0.25, 0.3) is 0 Å². The lowest BCUT2D eigenvalue weighted by atomic mass is 10.0. The normalized spacial score (nSPS) is 21.3. The van der Waals surface area contributed by atoms with Crippen LogP contribution in [0.25, 0.3) is 11.0 Å². The Morgan fingerprint density at radius 1 is 1.06 bits per heavy atom. The maximum atomic E-state index is 13.1. The van der Waals surface area contributed by atoms with E-state index in [0.717, 1.165) is 42.0 Å². The van der Waals surface area contributed by atoms with Gasteiger partial charge in [0.1, 0.15) is 23.4 Å². The first-order chi connectivity index (χ1) is 16.1. The van der Waals surface area contributed by atoms with Gasteiger partial charge in [-0.05, 0) is 24.6 Å². The molecule has 3 heterocycles. The molecule has 3 aromatic rings. The number of thioether (sulfide) groups is 1. The summed E-state index contributed by atoms with van der Waals surface area (Å²) < 4.78 is 6.05. The zero-order chi connectivity index (χ0) is 22.8. The molecule has 2 atom stereocenters. The predicted molar refractivity (Wildman–Crippen MR) is 130 cm³/mol. The van der Waals surface area contributed by atoms with E-state index in [0.29, 0.717) is 19.5 Å². The van der Waals surface area contributed by atoms with Gasteiger partial charge in [0.2, 0.25) is 11.8 Å². The number of hydrogen-bond acceptors (Lipinski definition) is 5. The number of benzene rings is 2. The van der Waals surface area contributed by atoms with Crippen LogP contribution in [0.5, 0.6) is 0 Å². The number of para-hydroxylation sites is 1. The van der Waals surface area contributed by atoms with Crippen molar-refractivity contribution in [2.45, 2.75) is 43.3 Å². The molecular weight excluding hydrogens is 434 g/mol. The molecule has 6 nitrogen and oxygen atoms in total. The molecule has 1 N–H and O–H groups in total. The molecule has 2 aliphatic rings. The van der Waals surface area contributed by atoms with Gasteiger partial charge in [-0.1, -0.05) is 43.3 Å². The lowest BCUT2D eigenvalue weighted by molar-refractivity contribution is -0.153. The van der Waals surface area contributed by atoms with Crippen LogP contribution in [-0.2, 0) is 22.6 Å². The Labute approximate surface area is 198 Å². The summed E-state index contributed by atoms with van der Waals surface area (Å²) in [6.07, 6.45) is 1.47. The Kier molecular flexibility index (Phi) is 6.42. The molecule has 0 bridgehead atoms. The summed E-state index contributed by atoms with van der Waals surface area (Å²) in [5, 5.41) is 4.13. The SMILES string of the molecule is CCc1oc2ccccc2c1CN1CCN2C(=O)C(CCSc3ccccc3)NC(=O)C2C1. The fourth-order valence-electron chi connectivity index (χ4n) is 4.84. The van der Waals surface area contributed by atoms with Crippen LogP contribution in [0.2, 0.25) is 0 Å². The molecule has 2 aromatic carbocycles. The van der Waals surface area contributed by atoms with E-state index in [4.69, 9.17) is 4.42 Å². The maximum Gasteiger partial charge on any atom is 0.245 e. The molecule has 2 fully saturated rings. The topological polar surface area (TPSA) is 65.8 Å². The summed E-state index contributed by atoms with van der Waals surface area (Å²) in [5.74, 6) is 1.80. The second kappa shape index (κ2) is 9.61. The lowest BCUT2D eigenvalue weighted by Gasteiger charge is -2.45. The first-order valence-electron chi connectivity index (χ1n) is 11.6. The highest BCUT2D eigenvalue weighted by molar-refractivity contribution is 7.99. The van der Waals surface area contributed by atoms with Crippen molar-refractivity contribution in [1.82, 2.24) is 15.1 Å². The lowest BCUT2D eigenvalue weighted by Crippen LogP contribution is -2.69. The van der Waals surface area contributed by atoms with Gasteiger partial charge < -0.3 is 14.6 Å². The molecule has 5 rings (SSSR count). The first kappa shape index (κ1) is 22.0. The average molecular weight is 464 g/mol. The highest BCUT2D eigenvalue weighted by Crippen LogP contribution is 2.29. The molecule has 2 unspecified atom stereocenters. The van der Waals surface area contributed by atoms with Crippen molar-refractivity contribution in [2.75, 3.05) is 25.4 Å². The second-order valence-corrected chi connectivity index (χ2v) is 9.82. The number of rotatable bonds is 7. The van der Waals surface area contributed by atoms with Crippen molar-refractivity contribution in [2.24, 2.45) is 0 Å². The van der Waals surface area contributed by atoms with Gasteiger partial charge >= 0.3 is 0 Å². The van der Waals surface area contributed by atoms with E-state index in [1.807, 2.05) is 36.4 Å². The minimum absolute atomic E-state index is 0.0400. The first-order valence-corrected chi connectivity index (χ1v) is 12.6. The Morgan fingerprint density at radius 3 is 2.67 bits per heavy atom. The molecule has 2 saturated heterocycles. The summed E-state index contributed by atoms with van der Waals surface area (Å²) >= 11 is 1.71. The molecule has 0 spiro atoms. The summed E-state index contributed by atoms with van der Waals surface area (Å²) in [6.45, 7) is 4.71. The van der Waals surface area contributed by atoms with Gasteiger partial charge in [-0.2, -0.15) is 0 Å². The molecule has 2 amide bonds. The zero-order valence-corrected chi connectivity index (χ0v) is 19.6. The molecule has 0 aliphatic carbocycles. The Hall–Kier alpha value is -2.77. The van der Waals surface area contributed by atoms with E-state index in [-0.39, 0.29) is 11.8 Å². The number of carbonyl (C=O) groups excluding carboxylic acids is 2. The van der Waals surface area contributed by atoms with Crippen molar-refractivity contribution in [3.8, 4) is 0 Å². The number of piperazine rings is 2. The molecular formula is C26H29N3O3S. The summed E-state index contributed by atoms with van der Waals surface area (Å²) in [4.78, 5) is 31.3. The van der Waals surface area contributed by atoms with Crippen LogP contribution in [0.1, 0.15) is 24.7 Å². The number of amides is 2. The summed E-state index contributed by atoms with van der Waals surface area (Å²) in [5.41, 5.74) is 2.10. The average Bonchev–Trinajstić information content (AvgIpc) is 3.20. The van der Waals surface area contributed by atoms with Crippen LogP contribution >= 0.6 is 11.8 Å². The van der Waals surface area contributed by atoms with E-state index in [1.165, 1.54) is 10.5 Å². The van der Waals surface area contributed by atoms with Gasteiger partial charge in [-0.3, -0.25) is 14.5 Å². The summed E-state index contributed by atoms with van der Waals surface area (Å²) in [6, 6.07) is 17.4. The van der Waals surface area contributed by atoms with Gasteiger partial charge in [-0.25, -0.2) is 0 Å². The molecule has 7 heteroatoms. The van der Waals surface area contributed by atoms with Gasteiger partial charge in [-0.15, -0.1) is 11.8 Å².